The van der Waals surface area contributed by atoms with Crippen LogP contribution in [0.2, 0.25) is 0 Å². The smallest absolute Gasteiger partial charge is 0.416 e. The molecule has 7 heteroatoms. The van der Waals surface area contributed by atoms with Gasteiger partial charge in [-0.05, 0) is 25.2 Å². The van der Waals surface area contributed by atoms with E-state index in [2.05, 4.69) is 10.3 Å². The van der Waals surface area contributed by atoms with E-state index in [1.807, 2.05) is 0 Å². The number of aromatic nitrogens is 1. The standard InChI is InChI=1S/C12H10F4N2O/c1-17-5-10-11(19-6-18-10)8-4-7(12(14,15)16)2-3-9(8)13/h2-4,6,17H,5H2,1H3. The van der Waals surface area contributed by atoms with E-state index in [1.165, 1.54) is 0 Å². The molecule has 0 fully saturated rings. The summed E-state index contributed by atoms with van der Waals surface area (Å²) < 4.78 is 56.5. The molecule has 2 aromatic rings. The van der Waals surface area contributed by atoms with Crippen molar-refractivity contribution in [2.45, 2.75) is 12.7 Å². The quantitative estimate of drug-likeness (QED) is 0.873. The lowest BCUT2D eigenvalue weighted by molar-refractivity contribution is -0.137. The van der Waals surface area contributed by atoms with Crippen LogP contribution in [-0.2, 0) is 12.7 Å². The highest BCUT2D eigenvalue weighted by atomic mass is 19.4. The second-order valence-corrected chi connectivity index (χ2v) is 3.85. The maximum absolute atomic E-state index is 13.7. The summed E-state index contributed by atoms with van der Waals surface area (Å²) in [5.41, 5.74) is -0.839. The summed E-state index contributed by atoms with van der Waals surface area (Å²) in [6.07, 6.45) is -3.46. The highest BCUT2D eigenvalue weighted by Crippen LogP contribution is 2.34. The van der Waals surface area contributed by atoms with Crippen molar-refractivity contribution in [3.8, 4) is 11.3 Å². The first-order chi connectivity index (χ1) is 8.93. The zero-order valence-electron chi connectivity index (χ0n) is 9.88. The Labute approximate surface area is 106 Å². The summed E-state index contributed by atoms with van der Waals surface area (Å²) in [6.45, 7) is 0.265. The van der Waals surface area contributed by atoms with Crippen molar-refractivity contribution in [1.82, 2.24) is 10.3 Å². The molecule has 1 heterocycles. The van der Waals surface area contributed by atoms with Gasteiger partial charge in [-0.1, -0.05) is 0 Å². The molecule has 0 bridgehead atoms. The van der Waals surface area contributed by atoms with Gasteiger partial charge in [0.25, 0.3) is 0 Å². The number of halogens is 4. The van der Waals surface area contributed by atoms with E-state index in [4.69, 9.17) is 4.42 Å². The van der Waals surface area contributed by atoms with Crippen molar-refractivity contribution in [2.75, 3.05) is 7.05 Å². The Kier molecular flexibility index (Phi) is 3.57. The summed E-state index contributed by atoms with van der Waals surface area (Å²) in [5.74, 6) is -0.792. The number of oxazole rings is 1. The molecule has 0 saturated carbocycles. The molecule has 1 aromatic heterocycles. The van der Waals surface area contributed by atoms with Crippen molar-refractivity contribution >= 4 is 0 Å². The molecule has 0 unspecified atom stereocenters. The molecule has 2 rings (SSSR count). The van der Waals surface area contributed by atoms with E-state index in [1.54, 1.807) is 7.05 Å². The fourth-order valence-corrected chi connectivity index (χ4v) is 1.66. The van der Waals surface area contributed by atoms with Gasteiger partial charge in [-0.3, -0.25) is 0 Å². The molecule has 1 aromatic carbocycles. The van der Waals surface area contributed by atoms with Crippen LogP contribution in [-0.4, -0.2) is 12.0 Å². The average molecular weight is 274 g/mol. The first-order valence-corrected chi connectivity index (χ1v) is 5.37. The van der Waals surface area contributed by atoms with E-state index < -0.39 is 17.6 Å². The zero-order valence-corrected chi connectivity index (χ0v) is 9.88. The summed E-state index contributed by atoms with van der Waals surface area (Å²) in [5, 5.41) is 2.78. The highest BCUT2D eigenvalue weighted by Gasteiger charge is 2.31. The maximum Gasteiger partial charge on any atom is 0.416 e. The molecule has 0 radical (unpaired) electrons. The molecule has 19 heavy (non-hydrogen) atoms. The van der Waals surface area contributed by atoms with Gasteiger partial charge in [0.2, 0.25) is 0 Å². The summed E-state index contributed by atoms with van der Waals surface area (Å²) >= 11 is 0. The van der Waals surface area contributed by atoms with Crippen molar-refractivity contribution in [3.05, 3.63) is 41.7 Å². The van der Waals surface area contributed by atoms with Crippen molar-refractivity contribution in [3.63, 3.8) is 0 Å². The Balaban J connectivity index is 2.52. The lowest BCUT2D eigenvalue weighted by Crippen LogP contribution is -2.08. The van der Waals surface area contributed by atoms with Gasteiger partial charge in [0, 0.05) is 6.54 Å². The minimum absolute atomic E-state index is 0.00190. The second kappa shape index (κ2) is 5.00. The first kappa shape index (κ1) is 13.5. The van der Waals surface area contributed by atoms with Crippen LogP contribution in [0.25, 0.3) is 11.3 Å². The van der Waals surface area contributed by atoms with Gasteiger partial charge < -0.3 is 9.73 Å². The average Bonchev–Trinajstić information content (AvgIpc) is 2.77. The Morgan fingerprint density at radius 2 is 2.05 bits per heavy atom. The van der Waals surface area contributed by atoms with Crippen LogP contribution >= 0.6 is 0 Å². The number of nitrogens with zero attached hydrogens (tertiary/aromatic N) is 1. The number of hydrogen-bond donors (Lipinski definition) is 1. The molecule has 1 N–H and O–H groups in total. The van der Waals surface area contributed by atoms with Crippen molar-refractivity contribution < 1.29 is 22.0 Å². The van der Waals surface area contributed by atoms with E-state index >= 15 is 0 Å². The van der Waals surface area contributed by atoms with Gasteiger partial charge in [-0.15, -0.1) is 0 Å². The van der Waals surface area contributed by atoms with Gasteiger partial charge in [-0.2, -0.15) is 13.2 Å². The Morgan fingerprint density at radius 3 is 2.68 bits per heavy atom. The van der Waals surface area contributed by atoms with Gasteiger partial charge in [0.1, 0.15) is 11.5 Å². The molecule has 0 saturated heterocycles. The fourth-order valence-electron chi connectivity index (χ4n) is 1.66. The lowest BCUT2D eigenvalue weighted by atomic mass is 10.1. The molecule has 0 amide bonds. The number of benzene rings is 1. The van der Waals surface area contributed by atoms with Gasteiger partial charge in [-0.25, -0.2) is 9.37 Å². The number of hydrogen-bond acceptors (Lipinski definition) is 3. The molecule has 3 nitrogen and oxygen atoms in total. The van der Waals surface area contributed by atoms with Gasteiger partial charge >= 0.3 is 6.18 Å². The van der Waals surface area contributed by atoms with Crippen LogP contribution in [0.4, 0.5) is 17.6 Å². The molecular formula is C12H10F4N2O. The van der Waals surface area contributed by atoms with Crippen LogP contribution in [0.5, 0.6) is 0 Å². The first-order valence-electron chi connectivity index (χ1n) is 5.37. The number of alkyl halides is 3. The normalized spacial score (nSPS) is 11.8. The largest absolute Gasteiger partial charge is 0.443 e. The third-order valence-corrected chi connectivity index (χ3v) is 2.52. The Hall–Kier alpha value is -1.89. The monoisotopic (exact) mass is 274 g/mol. The minimum Gasteiger partial charge on any atom is -0.443 e. The van der Waals surface area contributed by atoms with E-state index in [0.29, 0.717) is 11.8 Å². The van der Waals surface area contributed by atoms with Crippen LogP contribution in [0.1, 0.15) is 11.3 Å². The fraction of sp³-hybridized carbons (Fsp3) is 0.250. The molecule has 0 aliphatic heterocycles. The maximum atomic E-state index is 13.7. The van der Waals surface area contributed by atoms with Crippen molar-refractivity contribution in [2.24, 2.45) is 0 Å². The molecule has 102 valence electrons. The summed E-state index contributed by atoms with van der Waals surface area (Å²) in [6, 6.07) is 2.17. The van der Waals surface area contributed by atoms with Crippen LogP contribution in [0.3, 0.4) is 0 Å². The zero-order chi connectivity index (χ0) is 14.0. The third kappa shape index (κ3) is 2.76. The van der Waals surface area contributed by atoms with Crippen LogP contribution in [0.15, 0.2) is 29.0 Å². The molecule has 0 spiro atoms. The second-order valence-electron chi connectivity index (χ2n) is 3.85. The SMILES string of the molecule is CNCc1ncoc1-c1cc(C(F)(F)F)ccc1F. The summed E-state index contributed by atoms with van der Waals surface area (Å²) in [4.78, 5) is 3.84. The molecule has 0 aliphatic carbocycles. The summed E-state index contributed by atoms with van der Waals surface area (Å²) in [7, 11) is 1.64. The predicted molar refractivity (Wildman–Crippen MR) is 59.7 cm³/mol. The molecule has 0 atom stereocenters. The van der Waals surface area contributed by atoms with E-state index in [9.17, 15) is 17.6 Å². The van der Waals surface area contributed by atoms with Crippen LogP contribution < -0.4 is 5.32 Å². The molecular weight excluding hydrogens is 264 g/mol. The van der Waals surface area contributed by atoms with E-state index in [-0.39, 0.29) is 17.9 Å². The number of nitrogens with one attached hydrogen (secondary N) is 1. The topological polar surface area (TPSA) is 38.1 Å². The minimum atomic E-state index is -4.54. The predicted octanol–water partition coefficient (Wildman–Crippen LogP) is 3.22. The Morgan fingerprint density at radius 1 is 1.32 bits per heavy atom. The van der Waals surface area contributed by atoms with Crippen molar-refractivity contribution in [1.29, 1.82) is 0 Å². The highest BCUT2D eigenvalue weighted by molar-refractivity contribution is 5.61. The Bertz CT molecular complexity index is 577. The number of rotatable bonds is 3. The molecule has 0 aliphatic rings. The van der Waals surface area contributed by atoms with Gasteiger partial charge in [0.15, 0.2) is 12.2 Å². The third-order valence-electron chi connectivity index (χ3n) is 2.52. The van der Waals surface area contributed by atoms with E-state index in [0.717, 1.165) is 18.5 Å². The van der Waals surface area contributed by atoms with Gasteiger partial charge in [0.05, 0.1) is 11.1 Å². The lowest BCUT2D eigenvalue weighted by Gasteiger charge is -2.09. The van der Waals surface area contributed by atoms with Crippen LogP contribution in [0, 0.1) is 5.82 Å².